The summed E-state index contributed by atoms with van der Waals surface area (Å²) in [5.74, 6) is 1.07. The number of nitrogens with zero attached hydrogens (tertiary/aromatic N) is 2. The first-order valence-electron chi connectivity index (χ1n) is 7.93. The fourth-order valence-corrected chi connectivity index (χ4v) is 2.08. The summed E-state index contributed by atoms with van der Waals surface area (Å²) in [5.41, 5.74) is -0.00506. The number of hydrogen-bond acceptors (Lipinski definition) is 1. The minimum Gasteiger partial charge on any atom is -0.354 e. The average Bonchev–Trinajstić information content (AvgIpc) is 2.78. The van der Waals surface area contributed by atoms with Crippen molar-refractivity contribution >= 4 is 5.96 Å². The van der Waals surface area contributed by atoms with Crippen LogP contribution in [0.2, 0.25) is 0 Å². The predicted octanol–water partition coefficient (Wildman–Crippen LogP) is 3.74. The van der Waals surface area contributed by atoms with Gasteiger partial charge in [-0.2, -0.15) is 0 Å². The molecule has 0 atom stereocenters. The van der Waals surface area contributed by atoms with Gasteiger partial charge in [0.25, 0.3) is 0 Å². The van der Waals surface area contributed by atoms with Crippen molar-refractivity contribution in [1.82, 2.24) is 10.2 Å². The van der Waals surface area contributed by atoms with Crippen molar-refractivity contribution in [2.24, 2.45) is 4.99 Å². The van der Waals surface area contributed by atoms with Gasteiger partial charge in [0.15, 0.2) is 5.96 Å². The SMILES string of the molecule is CCC/C=C/C=C/CCCN1CCN/C1=N\C(C)(C)C. The van der Waals surface area contributed by atoms with E-state index in [0.29, 0.717) is 0 Å². The quantitative estimate of drug-likeness (QED) is 0.567. The molecule has 0 bridgehead atoms. The van der Waals surface area contributed by atoms with Gasteiger partial charge in [0, 0.05) is 19.6 Å². The van der Waals surface area contributed by atoms with Crippen molar-refractivity contribution in [1.29, 1.82) is 0 Å². The van der Waals surface area contributed by atoms with Crippen LogP contribution in [0.15, 0.2) is 29.3 Å². The maximum atomic E-state index is 4.74. The molecule has 0 aromatic rings. The summed E-state index contributed by atoms with van der Waals surface area (Å²) in [7, 11) is 0. The van der Waals surface area contributed by atoms with E-state index < -0.39 is 0 Å². The summed E-state index contributed by atoms with van der Waals surface area (Å²) in [6, 6.07) is 0. The molecule has 1 aliphatic heterocycles. The topological polar surface area (TPSA) is 27.6 Å². The van der Waals surface area contributed by atoms with Gasteiger partial charge in [0.2, 0.25) is 0 Å². The smallest absolute Gasteiger partial charge is 0.194 e. The highest BCUT2D eigenvalue weighted by Gasteiger charge is 2.19. The minimum atomic E-state index is -0.00506. The molecule has 0 saturated carbocycles. The number of rotatable bonds is 7. The van der Waals surface area contributed by atoms with Crippen LogP contribution in [-0.2, 0) is 0 Å². The lowest BCUT2D eigenvalue weighted by Gasteiger charge is -2.21. The zero-order valence-electron chi connectivity index (χ0n) is 13.7. The van der Waals surface area contributed by atoms with Gasteiger partial charge in [0.1, 0.15) is 0 Å². The van der Waals surface area contributed by atoms with E-state index in [1.165, 1.54) is 19.3 Å². The van der Waals surface area contributed by atoms with Crippen LogP contribution in [0.1, 0.15) is 53.4 Å². The normalized spacial score (nSPS) is 18.6. The summed E-state index contributed by atoms with van der Waals surface area (Å²) in [6.07, 6.45) is 13.5. The largest absolute Gasteiger partial charge is 0.354 e. The van der Waals surface area contributed by atoms with Crippen LogP contribution < -0.4 is 5.32 Å². The lowest BCUT2D eigenvalue weighted by Crippen LogP contribution is -2.33. The highest BCUT2D eigenvalue weighted by Crippen LogP contribution is 2.10. The minimum absolute atomic E-state index is 0.00506. The summed E-state index contributed by atoms with van der Waals surface area (Å²) >= 11 is 0. The molecule has 1 heterocycles. The van der Waals surface area contributed by atoms with Gasteiger partial charge >= 0.3 is 0 Å². The van der Waals surface area contributed by atoms with E-state index in [2.05, 4.69) is 62.2 Å². The van der Waals surface area contributed by atoms with Crippen molar-refractivity contribution in [3.8, 4) is 0 Å². The first-order valence-corrected chi connectivity index (χ1v) is 7.93. The van der Waals surface area contributed by atoms with Gasteiger partial charge < -0.3 is 10.2 Å². The molecular weight excluding hydrogens is 246 g/mol. The highest BCUT2D eigenvalue weighted by molar-refractivity contribution is 5.82. The van der Waals surface area contributed by atoms with Gasteiger partial charge in [-0.3, -0.25) is 0 Å². The fraction of sp³-hybridized carbons (Fsp3) is 0.706. The number of allylic oxidation sites excluding steroid dienone is 4. The Morgan fingerprint density at radius 2 is 1.90 bits per heavy atom. The third-order valence-electron chi connectivity index (χ3n) is 3.04. The Balaban J connectivity index is 2.26. The Labute approximate surface area is 124 Å². The molecule has 0 spiro atoms. The van der Waals surface area contributed by atoms with Crippen molar-refractivity contribution in [3.05, 3.63) is 24.3 Å². The molecular formula is C17H31N3. The van der Waals surface area contributed by atoms with Crippen LogP contribution in [0.5, 0.6) is 0 Å². The molecule has 1 saturated heterocycles. The molecule has 20 heavy (non-hydrogen) atoms. The molecule has 0 unspecified atom stereocenters. The molecule has 0 radical (unpaired) electrons. The summed E-state index contributed by atoms with van der Waals surface area (Å²) in [6.45, 7) is 11.8. The lowest BCUT2D eigenvalue weighted by molar-refractivity contribution is 0.442. The van der Waals surface area contributed by atoms with Gasteiger partial charge in [0.05, 0.1) is 5.54 Å². The van der Waals surface area contributed by atoms with Crippen LogP contribution in [0.4, 0.5) is 0 Å². The predicted molar refractivity (Wildman–Crippen MR) is 89.2 cm³/mol. The molecule has 0 amide bonds. The third kappa shape index (κ3) is 7.37. The summed E-state index contributed by atoms with van der Waals surface area (Å²) < 4.78 is 0. The molecule has 1 N–H and O–H groups in total. The molecule has 1 fully saturated rings. The van der Waals surface area contributed by atoms with Crippen LogP contribution in [0, 0.1) is 0 Å². The molecule has 0 aromatic carbocycles. The summed E-state index contributed by atoms with van der Waals surface area (Å²) in [4.78, 5) is 7.11. The van der Waals surface area contributed by atoms with Crippen molar-refractivity contribution in [2.45, 2.75) is 58.9 Å². The molecule has 114 valence electrons. The fourth-order valence-electron chi connectivity index (χ4n) is 2.08. The van der Waals surface area contributed by atoms with Crippen molar-refractivity contribution < 1.29 is 0 Å². The van der Waals surface area contributed by atoms with E-state index in [-0.39, 0.29) is 5.54 Å². The van der Waals surface area contributed by atoms with Crippen molar-refractivity contribution in [2.75, 3.05) is 19.6 Å². The number of aliphatic imine (C=N–C) groups is 1. The van der Waals surface area contributed by atoms with Crippen LogP contribution in [0.25, 0.3) is 0 Å². The standard InChI is InChI=1S/C17H31N3/c1-5-6-7-8-9-10-11-12-14-20-15-13-18-16(20)19-17(2,3)4/h7-10H,5-6,11-15H2,1-4H3,(H,18,19)/b8-7+,10-9+. The van der Waals surface area contributed by atoms with E-state index in [1.807, 2.05) is 0 Å². The monoisotopic (exact) mass is 277 g/mol. The molecule has 1 aliphatic rings. The van der Waals surface area contributed by atoms with Crippen LogP contribution in [0.3, 0.4) is 0 Å². The number of guanidine groups is 1. The van der Waals surface area contributed by atoms with E-state index in [1.54, 1.807) is 0 Å². The Hall–Kier alpha value is -1.25. The number of hydrogen-bond donors (Lipinski definition) is 1. The van der Waals surface area contributed by atoms with Gasteiger partial charge in [-0.1, -0.05) is 37.6 Å². The van der Waals surface area contributed by atoms with Gasteiger partial charge in [-0.05, 0) is 40.0 Å². The molecule has 0 aromatic heterocycles. The first-order chi connectivity index (χ1) is 9.53. The Morgan fingerprint density at radius 1 is 1.20 bits per heavy atom. The Bertz CT molecular complexity index is 348. The molecule has 3 heteroatoms. The van der Waals surface area contributed by atoms with E-state index in [9.17, 15) is 0 Å². The second kappa shape index (κ2) is 8.83. The Kier molecular flexibility index (Phi) is 7.42. The lowest BCUT2D eigenvalue weighted by atomic mass is 10.1. The molecule has 1 rings (SSSR count). The van der Waals surface area contributed by atoms with E-state index >= 15 is 0 Å². The molecule has 3 nitrogen and oxygen atoms in total. The van der Waals surface area contributed by atoms with Gasteiger partial charge in [-0.15, -0.1) is 0 Å². The maximum absolute atomic E-state index is 4.74. The highest BCUT2D eigenvalue weighted by atomic mass is 15.4. The van der Waals surface area contributed by atoms with E-state index in [0.717, 1.165) is 32.0 Å². The Morgan fingerprint density at radius 3 is 2.55 bits per heavy atom. The zero-order chi connectivity index (χ0) is 14.8. The van der Waals surface area contributed by atoms with Crippen molar-refractivity contribution in [3.63, 3.8) is 0 Å². The average molecular weight is 277 g/mol. The molecule has 0 aliphatic carbocycles. The van der Waals surface area contributed by atoms with E-state index in [4.69, 9.17) is 4.99 Å². The summed E-state index contributed by atoms with van der Waals surface area (Å²) in [5, 5.41) is 3.39. The second-order valence-corrected chi connectivity index (χ2v) is 6.31. The number of unbranched alkanes of at least 4 members (excludes halogenated alkanes) is 2. The maximum Gasteiger partial charge on any atom is 0.194 e. The second-order valence-electron chi connectivity index (χ2n) is 6.31. The van der Waals surface area contributed by atoms with Crippen LogP contribution in [-0.4, -0.2) is 36.0 Å². The van der Waals surface area contributed by atoms with Crippen LogP contribution >= 0.6 is 0 Å². The number of nitrogens with one attached hydrogen (secondary N) is 1. The first kappa shape index (κ1) is 16.8. The zero-order valence-corrected chi connectivity index (χ0v) is 13.7. The van der Waals surface area contributed by atoms with Gasteiger partial charge in [-0.25, -0.2) is 4.99 Å². The third-order valence-corrected chi connectivity index (χ3v) is 3.04.